The number of methoxy groups -OCH3 is 1. The molecule has 0 spiro atoms. The molecule has 4 rings (SSSR count). The monoisotopic (exact) mass is 435 g/mol. The lowest BCUT2D eigenvalue weighted by molar-refractivity contribution is 0.0425. The summed E-state index contributed by atoms with van der Waals surface area (Å²) in [6, 6.07) is 21.0. The number of rotatable bonds is 8. The van der Waals surface area contributed by atoms with Crippen molar-refractivity contribution in [2.45, 2.75) is 50.2 Å². The van der Waals surface area contributed by atoms with E-state index in [2.05, 4.69) is 45.4 Å². The van der Waals surface area contributed by atoms with Crippen molar-refractivity contribution in [1.82, 2.24) is 15.1 Å². The number of carbonyl (C=O) groups excluding carboxylic acids is 1. The van der Waals surface area contributed by atoms with Gasteiger partial charge in [0, 0.05) is 50.5 Å². The average Bonchev–Trinajstić information content (AvgIpc) is 2.85. The van der Waals surface area contributed by atoms with E-state index in [1.165, 1.54) is 18.4 Å². The molecule has 2 aromatic carbocycles. The van der Waals surface area contributed by atoms with E-state index in [4.69, 9.17) is 4.74 Å². The number of carbonyl (C=O) groups is 1. The molecule has 2 aliphatic rings. The summed E-state index contributed by atoms with van der Waals surface area (Å²) >= 11 is 0. The van der Waals surface area contributed by atoms with Crippen LogP contribution >= 0.6 is 0 Å². The molecule has 5 nitrogen and oxygen atoms in total. The quantitative estimate of drug-likeness (QED) is 0.682. The lowest BCUT2D eigenvalue weighted by Gasteiger charge is -2.46. The molecule has 2 heterocycles. The first-order valence-electron chi connectivity index (χ1n) is 12.0. The minimum atomic E-state index is -0.173. The molecule has 2 fully saturated rings. The van der Waals surface area contributed by atoms with Gasteiger partial charge in [0.05, 0.1) is 0 Å². The summed E-state index contributed by atoms with van der Waals surface area (Å²) in [5.41, 5.74) is 1.96. The molecule has 1 N–H and O–H groups in total. The molecule has 0 unspecified atom stereocenters. The molecule has 32 heavy (non-hydrogen) atoms. The summed E-state index contributed by atoms with van der Waals surface area (Å²) in [4.78, 5) is 18.1. The number of likely N-dealkylation sites (tertiary alicyclic amines) is 2. The van der Waals surface area contributed by atoms with Crippen molar-refractivity contribution < 1.29 is 9.53 Å². The standard InChI is InChI=1S/C27H37N3O2/c1-32-21-16-27(28-26(31)24-10-6-3-7-11-24)14-19-30(20-15-27)25-12-17-29(18-13-25)22-23-8-4-2-5-9-23/h2-11,25H,12-22H2,1H3,(H,28,31). The third-order valence-corrected chi connectivity index (χ3v) is 7.28. The molecular weight excluding hydrogens is 398 g/mol. The Kier molecular flexibility index (Phi) is 7.95. The number of benzene rings is 2. The summed E-state index contributed by atoms with van der Waals surface area (Å²) in [5, 5.41) is 3.39. The lowest BCUT2D eigenvalue weighted by atomic mass is 9.83. The smallest absolute Gasteiger partial charge is 0.251 e. The molecular formula is C27H37N3O2. The topological polar surface area (TPSA) is 44.8 Å². The van der Waals surface area contributed by atoms with E-state index in [1.54, 1.807) is 7.11 Å². The fraction of sp³-hybridized carbons (Fsp3) is 0.519. The van der Waals surface area contributed by atoms with Crippen molar-refractivity contribution in [3.8, 4) is 0 Å². The van der Waals surface area contributed by atoms with Crippen LogP contribution in [0.1, 0.15) is 48.0 Å². The molecule has 2 aliphatic heterocycles. The molecule has 0 atom stereocenters. The van der Waals surface area contributed by atoms with Gasteiger partial charge >= 0.3 is 0 Å². The molecule has 172 valence electrons. The van der Waals surface area contributed by atoms with E-state index < -0.39 is 0 Å². The van der Waals surface area contributed by atoms with E-state index in [0.717, 1.165) is 57.5 Å². The van der Waals surface area contributed by atoms with Gasteiger partial charge in [-0.1, -0.05) is 48.5 Å². The Morgan fingerprint density at radius 3 is 2.22 bits per heavy atom. The van der Waals surface area contributed by atoms with Gasteiger partial charge in [-0.25, -0.2) is 0 Å². The number of amides is 1. The predicted octanol–water partition coefficient (Wildman–Crippen LogP) is 3.95. The lowest BCUT2D eigenvalue weighted by Crippen LogP contribution is -2.58. The van der Waals surface area contributed by atoms with E-state index in [0.29, 0.717) is 12.6 Å². The predicted molar refractivity (Wildman–Crippen MR) is 129 cm³/mol. The Labute approximate surface area is 192 Å². The number of ether oxygens (including phenoxy) is 1. The Morgan fingerprint density at radius 2 is 1.59 bits per heavy atom. The van der Waals surface area contributed by atoms with Crippen LogP contribution in [0, 0.1) is 0 Å². The van der Waals surface area contributed by atoms with Gasteiger partial charge in [-0.2, -0.15) is 0 Å². The van der Waals surface area contributed by atoms with Crippen molar-refractivity contribution in [1.29, 1.82) is 0 Å². The normalized spacial score (nSPS) is 20.2. The summed E-state index contributed by atoms with van der Waals surface area (Å²) in [7, 11) is 1.74. The summed E-state index contributed by atoms with van der Waals surface area (Å²) in [5.74, 6) is 0.0318. The largest absolute Gasteiger partial charge is 0.385 e. The van der Waals surface area contributed by atoms with Gasteiger partial charge in [0.2, 0.25) is 0 Å². The first-order chi connectivity index (χ1) is 15.7. The van der Waals surface area contributed by atoms with Crippen LogP contribution in [0.4, 0.5) is 0 Å². The van der Waals surface area contributed by atoms with Crippen LogP contribution in [0.5, 0.6) is 0 Å². The third kappa shape index (κ3) is 5.97. The van der Waals surface area contributed by atoms with Crippen LogP contribution < -0.4 is 5.32 Å². The molecule has 0 radical (unpaired) electrons. The maximum Gasteiger partial charge on any atom is 0.251 e. The first-order valence-corrected chi connectivity index (χ1v) is 12.0. The fourth-order valence-electron chi connectivity index (χ4n) is 5.24. The second-order valence-electron chi connectivity index (χ2n) is 9.37. The third-order valence-electron chi connectivity index (χ3n) is 7.28. The molecule has 2 saturated heterocycles. The van der Waals surface area contributed by atoms with Crippen molar-refractivity contribution in [2.75, 3.05) is 39.9 Å². The van der Waals surface area contributed by atoms with E-state index >= 15 is 0 Å². The zero-order valence-electron chi connectivity index (χ0n) is 19.3. The first kappa shape index (κ1) is 23.0. The van der Waals surface area contributed by atoms with Gasteiger partial charge in [0.25, 0.3) is 5.91 Å². The van der Waals surface area contributed by atoms with Gasteiger partial charge in [-0.3, -0.25) is 9.69 Å². The maximum atomic E-state index is 12.9. The zero-order valence-corrected chi connectivity index (χ0v) is 19.3. The molecule has 0 saturated carbocycles. The van der Waals surface area contributed by atoms with E-state index in [9.17, 15) is 4.79 Å². The van der Waals surface area contributed by atoms with E-state index in [1.807, 2.05) is 30.3 Å². The maximum absolute atomic E-state index is 12.9. The van der Waals surface area contributed by atoms with Crippen molar-refractivity contribution >= 4 is 5.91 Å². The van der Waals surface area contributed by atoms with Gasteiger partial charge in [-0.15, -0.1) is 0 Å². The molecule has 0 bridgehead atoms. The Hall–Kier alpha value is -2.21. The summed E-state index contributed by atoms with van der Waals surface area (Å²) in [6.45, 7) is 6.14. The van der Waals surface area contributed by atoms with Gasteiger partial charge in [-0.05, 0) is 62.9 Å². The number of hydrogen-bond acceptors (Lipinski definition) is 4. The summed E-state index contributed by atoms with van der Waals surface area (Å²) in [6.07, 6.45) is 5.30. The van der Waals surface area contributed by atoms with Gasteiger partial charge in [0.15, 0.2) is 0 Å². The summed E-state index contributed by atoms with van der Waals surface area (Å²) < 4.78 is 5.39. The van der Waals surface area contributed by atoms with Gasteiger partial charge in [0.1, 0.15) is 0 Å². The highest BCUT2D eigenvalue weighted by molar-refractivity contribution is 5.94. The number of nitrogens with zero attached hydrogens (tertiary/aromatic N) is 2. The zero-order chi connectivity index (χ0) is 22.2. The van der Waals surface area contributed by atoms with Crippen molar-refractivity contribution in [3.63, 3.8) is 0 Å². The number of piperidine rings is 2. The molecule has 2 aromatic rings. The molecule has 0 aliphatic carbocycles. The van der Waals surface area contributed by atoms with Crippen LogP contribution in [0.3, 0.4) is 0 Å². The fourth-order valence-corrected chi connectivity index (χ4v) is 5.24. The average molecular weight is 436 g/mol. The van der Waals surface area contributed by atoms with Crippen molar-refractivity contribution in [2.24, 2.45) is 0 Å². The molecule has 1 amide bonds. The van der Waals surface area contributed by atoms with Crippen LogP contribution in [-0.2, 0) is 11.3 Å². The Bertz CT molecular complexity index is 826. The highest BCUT2D eigenvalue weighted by Crippen LogP contribution is 2.30. The van der Waals surface area contributed by atoms with Gasteiger partial charge < -0.3 is 15.0 Å². The second-order valence-corrected chi connectivity index (χ2v) is 9.37. The Balaban J connectivity index is 1.29. The van der Waals surface area contributed by atoms with Crippen LogP contribution in [0.25, 0.3) is 0 Å². The second kappa shape index (κ2) is 11.1. The van der Waals surface area contributed by atoms with Crippen LogP contribution in [0.2, 0.25) is 0 Å². The highest BCUT2D eigenvalue weighted by Gasteiger charge is 2.38. The minimum Gasteiger partial charge on any atom is -0.385 e. The minimum absolute atomic E-state index is 0.0318. The van der Waals surface area contributed by atoms with Crippen LogP contribution in [-0.4, -0.2) is 67.2 Å². The Morgan fingerprint density at radius 1 is 0.969 bits per heavy atom. The van der Waals surface area contributed by atoms with E-state index in [-0.39, 0.29) is 11.4 Å². The van der Waals surface area contributed by atoms with Crippen LogP contribution in [0.15, 0.2) is 60.7 Å². The molecule has 5 heteroatoms. The van der Waals surface area contributed by atoms with Crippen molar-refractivity contribution in [3.05, 3.63) is 71.8 Å². The SMILES string of the molecule is COCCC1(NC(=O)c2ccccc2)CCN(C2CCN(Cc3ccccc3)CC2)CC1. The highest BCUT2D eigenvalue weighted by atomic mass is 16.5. The number of nitrogens with one attached hydrogen (secondary N) is 1. The number of hydrogen-bond donors (Lipinski definition) is 1. The molecule has 0 aromatic heterocycles.